The van der Waals surface area contributed by atoms with E-state index in [1.807, 2.05) is 0 Å². The normalized spacial score (nSPS) is 12.4. The zero-order valence-electron chi connectivity index (χ0n) is 21.6. The van der Waals surface area contributed by atoms with Crippen LogP contribution in [0.2, 0.25) is 19.6 Å². The highest BCUT2D eigenvalue weighted by molar-refractivity contribution is 6.99. The Morgan fingerprint density at radius 2 is 0.767 bits per heavy atom. The van der Waals surface area contributed by atoms with Gasteiger partial charge in [0.25, 0.3) is 6.71 Å². The van der Waals surface area contributed by atoms with Crippen LogP contribution < -0.4 is 10.9 Å². The third-order valence-electron chi connectivity index (χ3n) is 5.89. The van der Waals surface area contributed by atoms with Crippen LogP contribution in [-0.2, 0) is 4.43 Å². The zero-order chi connectivity index (χ0) is 32.9. The van der Waals surface area contributed by atoms with Gasteiger partial charge in [0.2, 0.25) is 5.82 Å². The van der Waals surface area contributed by atoms with Crippen molar-refractivity contribution in [2.75, 3.05) is 6.61 Å². The summed E-state index contributed by atoms with van der Waals surface area (Å²) in [5.41, 5.74) is -8.94. The molecule has 18 heteroatoms. The molecule has 43 heavy (non-hydrogen) atoms. The van der Waals surface area contributed by atoms with Gasteiger partial charge in [0.1, 0.15) is 0 Å². The standard InChI is InChI=1S/C25H14BF15OSi/c1-43(2,3)42-6-4-5-7(8-11(27)17(33)23(39)18(34)12(8)28)26(9-13(29)19(35)24(40)20(36)14(9)30)10-15(31)21(37)25(41)22(38)16(10)32/h5H,4,6H2,1-3H3/b7-5-. The van der Waals surface area contributed by atoms with Crippen molar-refractivity contribution in [1.29, 1.82) is 0 Å². The van der Waals surface area contributed by atoms with Gasteiger partial charge in [-0.2, -0.15) is 0 Å². The van der Waals surface area contributed by atoms with Gasteiger partial charge in [0.15, 0.2) is 89.8 Å². The maximum Gasteiger partial charge on any atom is 0.257 e. The summed E-state index contributed by atoms with van der Waals surface area (Å²) in [7, 11) is -2.46. The van der Waals surface area contributed by atoms with Gasteiger partial charge < -0.3 is 4.43 Å². The Morgan fingerprint density at radius 3 is 1.07 bits per heavy atom. The molecule has 0 fully saturated rings. The first-order valence-corrected chi connectivity index (χ1v) is 15.0. The van der Waals surface area contributed by atoms with Crippen LogP contribution in [-0.4, -0.2) is 21.6 Å². The predicted molar refractivity (Wildman–Crippen MR) is 126 cm³/mol. The molecule has 0 aliphatic carbocycles. The minimum atomic E-state index is -3.60. The van der Waals surface area contributed by atoms with Gasteiger partial charge in [-0.05, 0) is 26.1 Å². The van der Waals surface area contributed by atoms with E-state index in [0.717, 1.165) is 0 Å². The predicted octanol–water partition coefficient (Wildman–Crippen LogP) is 7.25. The third kappa shape index (κ3) is 6.03. The molecule has 0 aromatic heterocycles. The van der Waals surface area contributed by atoms with E-state index in [1.165, 1.54) is 0 Å². The minimum absolute atomic E-state index is 0.277. The van der Waals surface area contributed by atoms with E-state index in [4.69, 9.17) is 4.43 Å². The lowest BCUT2D eigenvalue weighted by Gasteiger charge is -2.24. The second kappa shape index (κ2) is 12.3. The average Bonchev–Trinajstić information content (AvgIpc) is 2.95. The van der Waals surface area contributed by atoms with Crippen molar-refractivity contribution in [2.24, 2.45) is 0 Å². The van der Waals surface area contributed by atoms with Crippen LogP contribution in [0, 0.1) is 87.3 Å². The molecule has 0 aliphatic heterocycles. The van der Waals surface area contributed by atoms with E-state index in [9.17, 15) is 39.5 Å². The molecule has 0 saturated carbocycles. The molecule has 0 bridgehead atoms. The molecule has 0 N–H and O–H groups in total. The fourth-order valence-electron chi connectivity index (χ4n) is 4.01. The molecule has 3 aromatic rings. The highest BCUT2D eigenvalue weighted by atomic mass is 28.4. The van der Waals surface area contributed by atoms with Crippen LogP contribution in [0.1, 0.15) is 12.0 Å². The molecule has 0 radical (unpaired) electrons. The average molecular weight is 654 g/mol. The van der Waals surface area contributed by atoms with E-state index in [2.05, 4.69) is 0 Å². The molecule has 0 spiro atoms. The van der Waals surface area contributed by atoms with Crippen molar-refractivity contribution in [3.63, 3.8) is 0 Å². The molecular formula is C25H14BF15OSi. The van der Waals surface area contributed by atoms with Gasteiger partial charge in [-0.25, -0.2) is 65.9 Å². The summed E-state index contributed by atoms with van der Waals surface area (Å²) < 4.78 is 223. The first-order valence-electron chi connectivity index (χ1n) is 11.6. The minimum Gasteiger partial charge on any atom is -0.417 e. The Morgan fingerprint density at radius 1 is 0.488 bits per heavy atom. The highest BCUT2D eigenvalue weighted by Gasteiger charge is 2.44. The van der Waals surface area contributed by atoms with E-state index in [0.29, 0.717) is 0 Å². The second-order valence-corrected chi connectivity index (χ2v) is 14.3. The Hall–Kier alpha value is -3.41. The first kappa shape index (κ1) is 34.1. The first-order chi connectivity index (χ1) is 19.8. The van der Waals surface area contributed by atoms with Crippen molar-refractivity contribution < 1.29 is 70.3 Å². The molecule has 0 heterocycles. The largest absolute Gasteiger partial charge is 0.417 e. The molecule has 232 valence electrons. The lowest BCUT2D eigenvalue weighted by molar-refractivity contribution is 0.319. The molecule has 1 nitrogen and oxygen atoms in total. The maximum absolute atomic E-state index is 15.1. The van der Waals surface area contributed by atoms with E-state index in [1.54, 1.807) is 19.6 Å². The summed E-state index contributed by atoms with van der Waals surface area (Å²) in [5, 5.41) is 0. The van der Waals surface area contributed by atoms with Gasteiger partial charge in [-0.3, -0.25) is 0 Å². The van der Waals surface area contributed by atoms with Crippen molar-refractivity contribution in [1.82, 2.24) is 0 Å². The van der Waals surface area contributed by atoms with Crippen molar-refractivity contribution in [3.8, 4) is 0 Å². The van der Waals surface area contributed by atoms with Crippen molar-refractivity contribution in [2.45, 2.75) is 26.1 Å². The molecule has 3 aromatic carbocycles. The number of rotatable bonds is 8. The number of hydrogen-bond donors (Lipinski definition) is 0. The molecule has 0 amide bonds. The van der Waals surface area contributed by atoms with Gasteiger partial charge in [0, 0.05) is 23.1 Å². The van der Waals surface area contributed by atoms with Crippen LogP contribution in [0.5, 0.6) is 0 Å². The fourth-order valence-corrected chi connectivity index (χ4v) is 4.74. The smallest absolute Gasteiger partial charge is 0.257 e. The SMILES string of the molecule is C[Si](C)(C)OCC/C=C(\B(c1c(F)c(F)c(F)c(F)c1F)c1c(F)c(F)c(F)c(F)c1F)c1c(F)c(F)c(F)c(F)c1F. The Bertz CT molecular complexity index is 1490. The summed E-state index contributed by atoms with van der Waals surface area (Å²) in [6, 6.07) is 0. The van der Waals surface area contributed by atoms with E-state index >= 15 is 26.3 Å². The summed E-state index contributed by atoms with van der Waals surface area (Å²) in [4.78, 5) is 0. The van der Waals surface area contributed by atoms with Crippen LogP contribution in [0.4, 0.5) is 65.9 Å². The Kier molecular flexibility index (Phi) is 9.75. The molecule has 0 atom stereocenters. The number of hydrogen-bond acceptors (Lipinski definition) is 1. The molecular weight excluding hydrogens is 640 g/mol. The molecule has 0 unspecified atom stereocenters. The fraction of sp³-hybridized carbons (Fsp3) is 0.200. The quantitative estimate of drug-likeness (QED) is 0.0819. The second-order valence-electron chi connectivity index (χ2n) is 9.75. The van der Waals surface area contributed by atoms with Gasteiger partial charge in [-0.15, -0.1) is 0 Å². The molecule has 3 rings (SSSR count). The summed E-state index contributed by atoms with van der Waals surface area (Å²) in [5.74, 6) is -43.1. The van der Waals surface area contributed by atoms with E-state index < -0.39 is 137 Å². The topological polar surface area (TPSA) is 9.23 Å². The molecule has 0 aliphatic rings. The van der Waals surface area contributed by atoms with Crippen molar-refractivity contribution in [3.05, 3.63) is 98.9 Å². The summed E-state index contributed by atoms with van der Waals surface area (Å²) in [6.07, 6.45) is -0.500. The monoisotopic (exact) mass is 654 g/mol. The summed E-state index contributed by atoms with van der Waals surface area (Å²) >= 11 is 0. The van der Waals surface area contributed by atoms with Gasteiger partial charge in [0.05, 0.1) is 0 Å². The lowest BCUT2D eigenvalue weighted by atomic mass is 9.34. The van der Waals surface area contributed by atoms with Gasteiger partial charge >= 0.3 is 0 Å². The third-order valence-corrected chi connectivity index (χ3v) is 6.96. The lowest BCUT2D eigenvalue weighted by Crippen LogP contribution is -2.52. The van der Waals surface area contributed by atoms with Crippen LogP contribution >= 0.6 is 0 Å². The highest BCUT2D eigenvalue weighted by Crippen LogP contribution is 2.33. The number of benzene rings is 3. The maximum atomic E-state index is 15.1. The Labute approximate surface area is 233 Å². The zero-order valence-corrected chi connectivity index (χ0v) is 22.6. The van der Waals surface area contributed by atoms with E-state index in [-0.39, 0.29) is 6.08 Å². The summed E-state index contributed by atoms with van der Waals surface area (Å²) in [6.45, 7) is 0.640. The van der Waals surface area contributed by atoms with Crippen LogP contribution in [0.15, 0.2) is 6.08 Å². The number of halogens is 15. The van der Waals surface area contributed by atoms with Gasteiger partial charge in [-0.1, -0.05) is 11.5 Å². The Balaban J connectivity index is 2.63. The van der Waals surface area contributed by atoms with Crippen molar-refractivity contribution >= 4 is 31.4 Å². The van der Waals surface area contributed by atoms with Crippen LogP contribution in [0.3, 0.4) is 0 Å². The van der Waals surface area contributed by atoms with Crippen LogP contribution in [0.25, 0.3) is 5.47 Å². The molecule has 0 saturated heterocycles.